The maximum absolute atomic E-state index is 12.3. The second-order valence-corrected chi connectivity index (χ2v) is 5.86. The van der Waals surface area contributed by atoms with Crippen LogP contribution in [0.25, 0.3) is 0 Å². The molecule has 1 amide bonds. The van der Waals surface area contributed by atoms with Crippen LogP contribution in [0.4, 0.5) is 0 Å². The lowest BCUT2D eigenvalue weighted by atomic mass is 9.96. The van der Waals surface area contributed by atoms with E-state index in [1.807, 2.05) is 25.2 Å². The van der Waals surface area contributed by atoms with Crippen LogP contribution >= 0.6 is 23.2 Å². The van der Waals surface area contributed by atoms with Crippen LogP contribution in [0.2, 0.25) is 10.0 Å². The van der Waals surface area contributed by atoms with E-state index in [0.717, 1.165) is 12.0 Å². The largest absolute Gasteiger partial charge is 0.357 e. The third kappa shape index (κ3) is 3.80. The fourth-order valence-electron chi connectivity index (χ4n) is 2.32. The van der Waals surface area contributed by atoms with Crippen molar-refractivity contribution < 1.29 is 4.79 Å². The van der Waals surface area contributed by atoms with Crippen LogP contribution < -0.4 is 0 Å². The molecule has 1 heterocycles. The number of aromatic nitrogens is 1. The third-order valence-corrected chi connectivity index (χ3v) is 4.32. The van der Waals surface area contributed by atoms with Crippen molar-refractivity contribution in [3.63, 3.8) is 0 Å². The van der Waals surface area contributed by atoms with Gasteiger partial charge in [-0.25, -0.2) is 0 Å². The summed E-state index contributed by atoms with van der Waals surface area (Å²) in [5.74, 6) is 0.210. The van der Waals surface area contributed by atoms with Gasteiger partial charge in [0.1, 0.15) is 5.69 Å². The minimum Gasteiger partial charge on any atom is -0.357 e. The van der Waals surface area contributed by atoms with Gasteiger partial charge in [-0.1, -0.05) is 36.2 Å². The molecule has 1 aromatic carbocycles. The van der Waals surface area contributed by atoms with Gasteiger partial charge in [0.15, 0.2) is 0 Å². The van der Waals surface area contributed by atoms with Gasteiger partial charge >= 0.3 is 0 Å². The number of hydrogen-bond acceptors (Lipinski definition) is 1. The van der Waals surface area contributed by atoms with E-state index in [0.29, 0.717) is 22.3 Å². The summed E-state index contributed by atoms with van der Waals surface area (Å²) in [6.07, 6.45) is 2.66. The second-order valence-electron chi connectivity index (χ2n) is 5.05. The lowest BCUT2D eigenvalue weighted by Gasteiger charge is -2.23. The Labute approximate surface area is 134 Å². The number of amides is 1. The first-order chi connectivity index (χ1) is 10.0. The Hall–Kier alpha value is -1.45. The van der Waals surface area contributed by atoms with Crippen molar-refractivity contribution >= 4 is 29.1 Å². The molecule has 1 atom stereocenters. The van der Waals surface area contributed by atoms with Crippen molar-refractivity contribution in [2.45, 2.75) is 19.3 Å². The van der Waals surface area contributed by atoms with Gasteiger partial charge < -0.3 is 9.88 Å². The van der Waals surface area contributed by atoms with Gasteiger partial charge in [0.2, 0.25) is 0 Å². The highest BCUT2D eigenvalue weighted by atomic mass is 35.5. The number of likely N-dealkylation sites (N-methyl/N-ethyl adjacent to an activating group) is 1. The summed E-state index contributed by atoms with van der Waals surface area (Å²) in [4.78, 5) is 16.9. The topological polar surface area (TPSA) is 36.1 Å². The summed E-state index contributed by atoms with van der Waals surface area (Å²) in [5, 5.41) is 1.09. The molecule has 2 aromatic rings. The van der Waals surface area contributed by atoms with E-state index in [9.17, 15) is 4.79 Å². The number of aromatic amines is 1. The number of benzene rings is 1. The molecule has 112 valence electrons. The highest BCUT2D eigenvalue weighted by Gasteiger charge is 2.18. The van der Waals surface area contributed by atoms with Crippen LogP contribution in [0.1, 0.15) is 35.3 Å². The molecule has 0 aliphatic carbocycles. The number of H-pyrrole nitrogens is 1. The number of nitrogens with one attached hydrogen (secondary N) is 1. The number of carbonyl (C=O) groups is 1. The molecule has 0 fully saturated rings. The van der Waals surface area contributed by atoms with Crippen molar-refractivity contribution in [2.24, 2.45) is 0 Å². The van der Waals surface area contributed by atoms with E-state index in [1.165, 1.54) is 0 Å². The minimum absolute atomic E-state index is 0.0153. The van der Waals surface area contributed by atoms with E-state index in [-0.39, 0.29) is 11.8 Å². The predicted molar refractivity (Wildman–Crippen MR) is 87.2 cm³/mol. The molecule has 2 rings (SSSR count). The smallest absolute Gasteiger partial charge is 0.270 e. The average molecular weight is 325 g/mol. The summed E-state index contributed by atoms with van der Waals surface area (Å²) in [6.45, 7) is 2.73. The Morgan fingerprint density at radius 1 is 1.29 bits per heavy atom. The van der Waals surface area contributed by atoms with Crippen LogP contribution in [-0.2, 0) is 0 Å². The second kappa shape index (κ2) is 7.01. The lowest BCUT2D eigenvalue weighted by Crippen LogP contribution is -2.31. The Balaban J connectivity index is 2.11. The zero-order valence-corrected chi connectivity index (χ0v) is 13.6. The number of hydrogen-bond donors (Lipinski definition) is 1. The first kappa shape index (κ1) is 15.9. The van der Waals surface area contributed by atoms with Crippen LogP contribution in [0, 0.1) is 0 Å². The predicted octanol–water partition coefficient (Wildman–Crippen LogP) is 4.59. The average Bonchev–Trinajstić information content (AvgIpc) is 3.01. The van der Waals surface area contributed by atoms with E-state index in [4.69, 9.17) is 23.2 Å². The maximum Gasteiger partial charge on any atom is 0.270 e. The van der Waals surface area contributed by atoms with Crippen LogP contribution in [0.3, 0.4) is 0 Å². The Bertz CT molecular complexity index is 611. The Kier molecular flexibility index (Phi) is 5.32. The van der Waals surface area contributed by atoms with E-state index >= 15 is 0 Å². The highest BCUT2D eigenvalue weighted by molar-refractivity contribution is 6.42. The molecule has 0 spiro atoms. The maximum atomic E-state index is 12.3. The van der Waals surface area contributed by atoms with Gasteiger partial charge in [0, 0.05) is 25.7 Å². The molecule has 21 heavy (non-hydrogen) atoms. The zero-order valence-electron chi connectivity index (χ0n) is 12.1. The zero-order chi connectivity index (χ0) is 15.4. The van der Waals surface area contributed by atoms with Crippen molar-refractivity contribution in [3.05, 3.63) is 57.8 Å². The SMILES string of the molecule is CCC(CN(C)C(=O)c1ccc[nH]1)c1ccc(Cl)c(Cl)c1. The Morgan fingerprint density at radius 3 is 2.62 bits per heavy atom. The van der Waals surface area contributed by atoms with Crippen LogP contribution in [-0.4, -0.2) is 29.4 Å². The van der Waals surface area contributed by atoms with Gasteiger partial charge in [-0.3, -0.25) is 4.79 Å². The summed E-state index contributed by atoms with van der Waals surface area (Å²) in [6, 6.07) is 9.24. The van der Waals surface area contributed by atoms with Crippen molar-refractivity contribution in [1.82, 2.24) is 9.88 Å². The van der Waals surface area contributed by atoms with E-state index in [2.05, 4.69) is 11.9 Å². The van der Waals surface area contributed by atoms with Gasteiger partial charge in [0.25, 0.3) is 5.91 Å². The molecule has 0 aliphatic rings. The standard InChI is InChI=1S/C16H18Cl2N2O/c1-3-11(12-6-7-13(17)14(18)9-12)10-20(2)16(21)15-5-4-8-19-15/h4-9,11,19H,3,10H2,1-2H3. The number of nitrogens with zero attached hydrogens (tertiary/aromatic N) is 1. The fraction of sp³-hybridized carbons (Fsp3) is 0.312. The van der Waals surface area contributed by atoms with Crippen molar-refractivity contribution in [3.8, 4) is 0 Å². The van der Waals surface area contributed by atoms with Crippen LogP contribution in [0.5, 0.6) is 0 Å². The van der Waals surface area contributed by atoms with Gasteiger partial charge in [-0.2, -0.15) is 0 Å². The molecule has 0 bridgehead atoms. The van der Waals surface area contributed by atoms with Gasteiger partial charge in [0.05, 0.1) is 10.0 Å². The molecular weight excluding hydrogens is 307 g/mol. The normalized spacial score (nSPS) is 12.2. The summed E-state index contributed by atoms with van der Waals surface area (Å²) in [7, 11) is 1.81. The quantitative estimate of drug-likeness (QED) is 0.858. The molecule has 3 nitrogen and oxygen atoms in total. The number of rotatable bonds is 5. The Morgan fingerprint density at radius 2 is 2.05 bits per heavy atom. The van der Waals surface area contributed by atoms with Crippen LogP contribution in [0.15, 0.2) is 36.5 Å². The fourth-order valence-corrected chi connectivity index (χ4v) is 2.63. The molecule has 0 radical (unpaired) electrons. The molecular formula is C16H18Cl2N2O. The van der Waals surface area contributed by atoms with E-state index < -0.39 is 0 Å². The molecule has 0 aliphatic heterocycles. The molecule has 1 aromatic heterocycles. The lowest BCUT2D eigenvalue weighted by molar-refractivity contribution is 0.0780. The van der Waals surface area contributed by atoms with Gasteiger partial charge in [-0.05, 0) is 36.2 Å². The monoisotopic (exact) mass is 324 g/mol. The minimum atomic E-state index is -0.0153. The molecule has 0 saturated carbocycles. The molecule has 0 saturated heterocycles. The van der Waals surface area contributed by atoms with E-state index in [1.54, 1.807) is 23.2 Å². The molecule has 5 heteroatoms. The summed E-state index contributed by atoms with van der Waals surface area (Å²) >= 11 is 12.0. The van der Waals surface area contributed by atoms with Crippen molar-refractivity contribution in [1.29, 1.82) is 0 Å². The summed E-state index contributed by atoms with van der Waals surface area (Å²) in [5.41, 5.74) is 1.69. The highest BCUT2D eigenvalue weighted by Crippen LogP contribution is 2.28. The third-order valence-electron chi connectivity index (χ3n) is 3.58. The first-order valence-corrected chi connectivity index (χ1v) is 7.62. The number of carbonyl (C=O) groups excluding carboxylic acids is 1. The van der Waals surface area contributed by atoms with Crippen molar-refractivity contribution in [2.75, 3.05) is 13.6 Å². The van der Waals surface area contributed by atoms with Gasteiger partial charge in [-0.15, -0.1) is 0 Å². The first-order valence-electron chi connectivity index (χ1n) is 6.86. The molecule has 1 N–H and O–H groups in total. The molecule has 1 unspecified atom stereocenters. The summed E-state index contributed by atoms with van der Waals surface area (Å²) < 4.78 is 0. The number of halogens is 2.